The van der Waals surface area contributed by atoms with Crippen molar-refractivity contribution in [3.8, 4) is 0 Å². The monoisotopic (exact) mass is 443 g/mol. The van der Waals surface area contributed by atoms with Crippen LogP contribution in [0.1, 0.15) is 27.2 Å². The molecule has 0 N–H and O–H groups in total. The van der Waals surface area contributed by atoms with Crippen molar-refractivity contribution in [1.82, 2.24) is 14.4 Å². The lowest BCUT2D eigenvalue weighted by Gasteiger charge is -2.35. The van der Waals surface area contributed by atoms with E-state index in [1.54, 1.807) is 11.3 Å². The van der Waals surface area contributed by atoms with Gasteiger partial charge < -0.3 is 9.47 Å². The van der Waals surface area contributed by atoms with Crippen LogP contribution in [0, 0.1) is 6.92 Å². The SMILES string of the molecule is Cc1cccc(CN2CCN(C(=O)c3cc4sccc4n3CCc3ccccc3)CC2)c1. The van der Waals surface area contributed by atoms with Gasteiger partial charge in [0.05, 0.1) is 10.2 Å². The van der Waals surface area contributed by atoms with E-state index in [9.17, 15) is 4.79 Å². The molecule has 4 aromatic rings. The molecule has 4 nitrogen and oxygen atoms in total. The summed E-state index contributed by atoms with van der Waals surface area (Å²) >= 11 is 1.71. The van der Waals surface area contributed by atoms with Crippen molar-refractivity contribution in [3.63, 3.8) is 0 Å². The minimum absolute atomic E-state index is 0.164. The van der Waals surface area contributed by atoms with Gasteiger partial charge in [-0.1, -0.05) is 60.2 Å². The van der Waals surface area contributed by atoms with Gasteiger partial charge in [-0.05, 0) is 42.0 Å². The second-order valence-electron chi connectivity index (χ2n) is 8.64. The van der Waals surface area contributed by atoms with E-state index in [4.69, 9.17) is 0 Å². The summed E-state index contributed by atoms with van der Waals surface area (Å²) in [5, 5.41) is 2.11. The zero-order valence-electron chi connectivity index (χ0n) is 18.5. The van der Waals surface area contributed by atoms with Crippen molar-refractivity contribution in [1.29, 1.82) is 0 Å². The smallest absolute Gasteiger partial charge is 0.270 e. The summed E-state index contributed by atoms with van der Waals surface area (Å²) in [6, 6.07) is 23.4. The maximum atomic E-state index is 13.5. The molecule has 0 unspecified atom stereocenters. The normalized spacial score (nSPS) is 14.8. The summed E-state index contributed by atoms with van der Waals surface area (Å²) in [6.07, 6.45) is 0.922. The van der Waals surface area contributed by atoms with Gasteiger partial charge in [-0.3, -0.25) is 9.69 Å². The highest BCUT2D eigenvalue weighted by atomic mass is 32.1. The van der Waals surface area contributed by atoms with Crippen LogP contribution in [-0.4, -0.2) is 46.5 Å². The summed E-state index contributed by atoms with van der Waals surface area (Å²) < 4.78 is 3.42. The molecule has 1 fully saturated rings. The molecule has 2 aromatic carbocycles. The molecule has 3 heterocycles. The van der Waals surface area contributed by atoms with Gasteiger partial charge in [-0.2, -0.15) is 0 Å². The van der Waals surface area contributed by atoms with Crippen molar-refractivity contribution < 1.29 is 4.79 Å². The Bertz CT molecular complexity index is 1200. The Morgan fingerprint density at radius 2 is 1.69 bits per heavy atom. The van der Waals surface area contributed by atoms with E-state index in [-0.39, 0.29) is 5.91 Å². The van der Waals surface area contributed by atoms with E-state index in [1.165, 1.54) is 26.9 Å². The molecule has 1 saturated heterocycles. The van der Waals surface area contributed by atoms with E-state index in [2.05, 4.69) is 82.4 Å². The Morgan fingerprint density at radius 3 is 2.47 bits per heavy atom. The fourth-order valence-corrected chi connectivity index (χ4v) is 5.44. The van der Waals surface area contributed by atoms with E-state index in [0.29, 0.717) is 0 Å². The van der Waals surface area contributed by atoms with Gasteiger partial charge in [0.25, 0.3) is 5.91 Å². The number of aromatic nitrogens is 1. The molecule has 2 aromatic heterocycles. The highest BCUT2D eigenvalue weighted by Gasteiger charge is 2.25. The predicted molar refractivity (Wildman–Crippen MR) is 132 cm³/mol. The zero-order valence-corrected chi connectivity index (χ0v) is 19.4. The number of hydrogen-bond acceptors (Lipinski definition) is 3. The maximum absolute atomic E-state index is 13.5. The van der Waals surface area contributed by atoms with Crippen LogP contribution in [0.15, 0.2) is 72.1 Å². The molecular formula is C27H29N3OS. The Morgan fingerprint density at radius 1 is 0.906 bits per heavy atom. The Labute approximate surface area is 193 Å². The van der Waals surface area contributed by atoms with Crippen LogP contribution in [0.2, 0.25) is 0 Å². The van der Waals surface area contributed by atoms with Crippen LogP contribution in [0.5, 0.6) is 0 Å². The molecule has 0 atom stereocenters. The molecule has 1 aliphatic heterocycles. The van der Waals surface area contributed by atoms with Gasteiger partial charge in [-0.25, -0.2) is 0 Å². The molecule has 32 heavy (non-hydrogen) atoms. The van der Waals surface area contributed by atoms with Crippen LogP contribution in [0.4, 0.5) is 0 Å². The average molecular weight is 444 g/mol. The number of nitrogens with zero attached hydrogens (tertiary/aromatic N) is 3. The molecule has 0 aliphatic carbocycles. The van der Waals surface area contributed by atoms with E-state index < -0.39 is 0 Å². The molecular weight excluding hydrogens is 414 g/mol. The number of piperazine rings is 1. The second kappa shape index (κ2) is 9.31. The van der Waals surface area contributed by atoms with Crippen molar-refractivity contribution >= 4 is 27.5 Å². The lowest BCUT2D eigenvalue weighted by molar-refractivity contribution is 0.0618. The molecule has 0 saturated carbocycles. The summed E-state index contributed by atoms with van der Waals surface area (Å²) in [5.74, 6) is 0.164. The molecule has 164 valence electrons. The van der Waals surface area contributed by atoms with Crippen molar-refractivity contribution in [2.24, 2.45) is 0 Å². The summed E-state index contributed by atoms with van der Waals surface area (Å²) in [7, 11) is 0. The van der Waals surface area contributed by atoms with Gasteiger partial charge in [0.2, 0.25) is 0 Å². The first kappa shape index (κ1) is 21.0. The third-order valence-electron chi connectivity index (χ3n) is 6.36. The van der Waals surface area contributed by atoms with Crippen LogP contribution in [0.25, 0.3) is 10.2 Å². The number of thiophene rings is 1. The standard InChI is InChI=1S/C27H29N3OS/c1-21-6-5-9-23(18-21)20-28-13-15-29(16-14-28)27(31)25-19-26-24(11-17-32-26)30(25)12-10-22-7-3-2-4-8-22/h2-9,11,17-19H,10,12-16,20H2,1H3. The second-order valence-corrected chi connectivity index (χ2v) is 9.59. The Balaban J connectivity index is 1.27. The first-order valence-corrected chi connectivity index (χ1v) is 12.2. The number of amides is 1. The van der Waals surface area contributed by atoms with Gasteiger partial charge in [-0.15, -0.1) is 11.3 Å². The number of benzene rings is 2. The average Bonchev–Trinajstić information content (AvgIpc) is 3.40. The maximum Gasteiger partial charge on any atom is 0.270 e. The van der Waals surface area contributed by atoms with E-state index >= 15 is 0 Å². The number of rotatable bonds is 6. The summed E-state index contributed by atoms with van der Waals surface area (Å²) in [5.41, 5.74) is 5.95. The highest BCUT2D eigenvalue weighted by Crippen LogP contribution is 2.27. The van der Waals surface area contributed by atoms with Gasteiger partial charge >= 0.3 is 0 Å². The van der Waals surface area contributed by atoms with Crippen molar-refractivity contribution in [2.45, 2.75) is 26.4 Å². The number of fused-ring (bicyclic) bond motifs is 1. The van der Waals surface area contributed by atoms with Crippen molar-refractivity contribution in [3.05, 3.63) is 94.5 Å². The fourth-order valence-electron chi connectivity index (χ4n) is 4.62. The number of carbonyl (C=O) groups excluding carboxylic acids is 1. The minimum Gasteiger partial charge on any atom is -0.335 e. The molecule has 1 amide bonds. The van der Waals surface area contributed by atoms with Crippen LogP contribution < -0.4 is 0 Å². The van der Waals surface area contributed by atoms with Crippen LogP contribution in [-0.2, 0) is 19.5 Å². The van der Waals surface area contributed by atoms with Gasteiger partial charge in [0.1, 0.15) is 5.69 Å². The molecule has 5 heteroatoms. The molecule has 0 spiro atoms. The lowest BCUT2D eigenvalue weighted by Crippen LogP contribution is -2.48. The predicted octanol–water partition coefficient (Wildman–Crippen LogP) is 5.21. The first-order valence-electron chi connectivity index (χ1n) is 11.4. The van der Waals surface area contributed by atoms with Gasteiger partial charge in [0.15, 0.2) is 0 Å². The summed E-state index contributed by atoms with van der Waals surface area (Å²) in [4.78, 5) is 18.0. The number of carbonyl (C=O) groups is 1. The molecule has 1 aliphatic rings. The summed E-state index contributed by atoms with van der Waals surface area (Å²) in [6.45, 7) is 7.30. The largest absolute Gasteiger partial charge is 0.335 e. The Hall–Kier alpha value is -2.89. The first-order chi connectivity index (χ1) is 15.7. The zero-order chi connectivity index (χ0) is 21.9. The topological polar surface area (TPSA) is 28.5 Å². The van der Waals surface area contributed by atoms with Crippen LogP contribution in [0.3, 0.4) is 0 Å². The molecule has 0 radical (unpaired) electrons. The highest BCUT2D eigenvalue weighted by molar-refractivity contribution is 7.17. The van der Waals surface area contributed by atoms with Crippen molar-refractivity contribution in [2.75, 3.05) is 26.2 Å². The fraction of sp³-hybridized carbons (Fsp3) is 0.296. The van der Waals surface area contributed by atoms with E-state index in [0.717, 1.165) is 51.4 Å². The van der Waals surface area contributed by atoms with E-state index in [1.807, 2.05) is 11.0 Å². The third kappa shape index (κ3) is 4.50. The Kier molecular flexibility index (Phi) is 6.10. The number of aryl methyl sites for hydroxylation is 3. The number of hydrogen-bond donors (Lipinski definition) is 0. The minimum atomic E-state index is 0.164. The lowest BCUT2D eigenvalue weighted by atomic mass is 10.1. The third-order valence-corrected chi connectivity index (χ3v) is 7.21. The molecule has 0 bridgehead atoms. The van der Waals surface area contributed by atoms with Crippen LogP contribution >= 0.6 is 11.3 Å². The molecule has 5 rings (SSSR count). The quantitative estimate of drug-likeness (QED) is 0.409. The van der Waals surface area contributed by atoms with Gasteiger partial charge in [0, 0.05) is 39.3 Å².